The van der Waals surface area contributed by atoms with Crippen molar-refractivity contribution in [1.82, 2.24) is 29.9 Å². The molecule has 1 aliphatic heterocycles. The van der Waals surface area contributed by atoms with Gasteiger partial charge in [0.2, 0.25) is 5.91 Å². The molecule has 5 aromatic rings. The summed E-state index contributed by atoms with van der Waals surface area (Å²) >= 11 is 1.38. The number of amides is 1. The van der Waals surface area contributed by atoms with Gasteiger partial charge < -0.3 is 14.7 Å². The maximum atomic E-state index is 16.0. The van der Waals surface area contributed by atoms with Crippen LogP contribution < -0.4 is 4.74 Å². The molecule has 0 saturated carbocycles. The Morgan fingerprint density at radius 1 is 1.23 bits per heavy atom. The number of aromatic nitrogens is 5. The lowest BCUT2D eigenvalue weighted by Gasteiger charge is -2.31. The Bertz CT molecular complexity index is 1930. The fourth-order valence-electron chi connectivity index (χ4n) is 5.43. The van der Waals surface area contributed by atoms with Crippen molar-refractivity contribution in [3.05, 3.63) is 77.6 Å². The zero-order valence-electron chi connectivity index (χ0n) is 24.6. The minimum Gasteiger partial charge on any atom is -0.490 e. The third-order valence-corrected chi connectivity index (χ3v) is 8.24. The normalized spacial score (nSPS) is 15.0. The lowest BCUT2D eigenvalue weighted by Crippen LogP contribution is -2.39. The van der Waals surface area contributed by atoms with Gasteiger partial charge in [0.05, 0.1) is 47.0 Å². The lowest BCUT2D eigenvalue weighted by atomic mass is 9.96. The number of aryl methyl sites for hydroxylation is 1. The highest BCUT2D eigenvalue weighted by Crippen LogP contribution is 2.47. The number of fused-ring (bicyclic) bond motifs is 2. The molecule has 0 saturated heterocycles. The molecule has 1 N–H and O–H groups in total. The number of thiophene rings is 1. The maximum absolute atomic E-state index is 16.0. The number of hydrogen-bond donors (Lipinski definition) is 1. The Morgan fingerprint density at radius 3 is 2.75 bits per heavy atom. The molecule has 0 spiro atoms. The van der Waals surface area contributed by atoms with Gasteiger partial charge in [0.15, 0.2) is 0 Å². The first-order valence-corrected chi connectivity index (χ1v) is 14.9. The second-order valence-electron chi connectivity index (χ2n) is 11.5. The van der Waals surface area contributed by atoms with Gasteiger partial charge in [-0.1, -0.05) is 6.58 Å². The van der Waals surface area contributed by atoms with Crippen LogP contribution in [-0.4, -0.2) is 59.6 Å². The van der Waals surface area contributed by atoms with Crippen LogP contribution in [0.3, 0.4) is 0 Å². The molecule has 5 heterocycles. The van der Waals surface area contributed by atoms with Crippen LogP contribution in [0.25, 0.3) is 43.9 Å². The zero-order valence-corrected chi connectivity index (χ0v) is 25.5. The van der Waals surface area contributed by atoms with Gasteiger partial charge in [0, 0.05) is 39.9 Å². The largest absolute Gasteiger partial charge is 0.490 e. The predicted octanol–water partition coefficient (Wildman–Crippen LogP) is 6.11. The minimum absolute atomic E-state index is 0.00339. The molecule has 1 unspecified atom stereocenters. The molecule has 44 heavy (non-hydrogen) atoms. The monoisotopic (exact) mass is 616 g/mol. The number of pyridine rings is 1. The molecule has 0 bridgehead atoms. The van der Waals surface area contributed by atoms with E-state index in [-0.39, 0.29) is 29.9 Å². The number of hydrogen-bond acceptors (Lipinski definition) is 8. The van der Waals surface area contributed by atoms with Gasteiger partial charge in [0.25, 0.3) is 0 Å². The Morgan fingerprint density at radius 2 is 2.02 bits per heavy atom. The van der Waals surface area contributed by atoms with Crippen molar-refractivity contribution in [3.8, 4) is 39.5 Å². The standard InChI is InChI=1S/C32H30F2N6O3S/c1-6-26(41)39-14-18(3)40-21(15-39)12-24(38-40)30-28(27-23(34)10-20(33)11-25(27)43-16-32(4,5)42)31-22(7-8-44-31)29(36-30)19-9-17(2)37-35-13-19/h6-13,18,42H,1,14-16H2,2-5H3. The molecule has 1 atom stereocenters. The number of benzene rings is 1. The molecule has 1 amide bonds. The highest BCUT2D eigenvalue weighted by molar-refractivity contribution is 7.18. The van der Waals surface area contributed by atoms with Crippen LogP contribution in [0.2, 0.25) is 0 Å². The Balaban J connectivity index is 1.64. The highest BCUT2D eigenvalue weighted by atomic mass is 32.1. The summed E-state index contributed by atoms with van der Waals surface area (Å²) in [7, 11) is 0. The highest BCUT2D eigenvalue weighted by Gasteiger charge is 2.30. The van der Waals surface area contributed by atoms with E-state index in [4.69, 9.17) is 14.8 Å². The molecule has 1 aliphatic rings. The van der Waals surface area contributed by atoms with E-state index in [0.29, 0.717) is 51.7 Å². The van der Waals surface area contributed by atoms with E-state index < -0.39 is 17.2 Å². The molecule has 226 valence electrons. The number of nitrogens with zero attached hydrogens (tertiary/aromatic N) is 6. The van der Waals surface area contributed by atoms with Crippen molar-refractivity contribution in [1.29, 1.82) is 0 Å². The van der Waals surface area contributed by atoms with Crippen molar-refractivity contribution in [2.75, 3.05) is 13.2 Å². The van der Waals surface area contributed by atoms with Gasteiger partial charge in [-0.3, -0.25) is 9.48 Å². The molecule has 0 fully saturated rings. The number of aliphatic hydroxyl groups is 1. The van der Waals surface area contributed by atoms with Gasteiger partial charge in [-0.25, -0.2) is 13.8 Å². The van der Waals surface area contributed by atoms with Gasteiger partial charge in [0.1, 0.15) is 35.4 Å². The summed E-state index contributed by atoms with van der Waals surface area (Å²) < 4.78 is 39.0. The van der Waals surface area contributed by atoms with Crippen LogP contribution in [0.4, 0.5) is 8.78 Å². The number of ether oxygens (including phenoxy) is 1. The summed E-state index contributed by atoms with van der Waals surface area (Å²) in [4.78, 5) is 19.2. The Labute approximate surface area is 256 Å². The summed E-state index contributed by atoms with van der Waals surface area (Å²) in [5.74, 6) is -1.92. The van der Waals surface area contributed by atoms with E-state index in [1.807, 2.05) is 42.1 Å². The smallest absolute Gasteiger partial charge is 0.246 e. The predicted molar refractivity (Wildman–Crippen MR) is 164 cm³/mol. The van der Waals surface area contributed by atoms with E-state index >= 15 is 4.39 Å². The van der Waals surface area contributed by atoms with Crippen molar-refractivity contribution in [2.24, 2.45) is 0 Å². The van der Waals surface area contributed by atoms with Crippen LogP contribution in [0, 0.1) is 18.6 Å². The number of carbonyl (C=O) groups excluding carboxylic acids is 1. The summed E-state index contributed by atoms with van der Waals surface area (Å²) in [5.41, 5.74) is 2.70. The van der Waals surface area contributed by atoms with Crippen molar-refractivity contribution in [2.45, 2.75) is 45.9 Å². The molecule has 1 aromatic carbocycles. The Kier molecular flexibility index (Phi) is 7.50. The molecule has 6 rings (SSSR count). The number of rotatable bonds is 7. The second-order valence-corrected chi connectivity index (χ2v) is 12.4. The van der Waals surface area contributed by atoms with Crippen LogP contribution in [0.1, 0.15) is 38.2 Å². The van der Waals surface area contributed by atoms with Crippen molar-refractivity contribution < 1.29 is 23.4 Å². The van der Waals surface area contributed by atoms with E-state index in [1.165, 1.54) is 17.4 Å². The Hall–Kier alpha value is -4.55. The second kappa shape index (κ2) is 11.2. The molecular formula is C32H30F2N6O3S. The van der Waals surface area contributed by atoms with Crippen molar-refractivity contribution in [3.63, 3.8) is 0 Å². The molecular weight excluding hydrogens is 586 g/mol. The molecule has 0 aliphatic carbocycles. The first-order chi connectivity index (χ1) is 20.9. The maximum Gasteiger partial charge on any atom is 0.246 e. The fraction of sp³-hybridized carbons (Fsp3) is 0.281. The summed E-state index contributed by atoms with van der Waals surface area (Å²) in [6.45, 7) is 11.0. The first-order valence-electron chi connectivity index (χ1n) is 14.0. The molecule has 9 nitrogen and oxygen atoms in total. The van der Waals surface area contributed by atoms with Crippen molar-refractivity contribution >= 4 is 27.3 Å². The van der Waals surface area contributed by atoms with Crippen LogP contribution in [0.5, 0.6) is 5.75 Å². The molecule has 4 aromatic heterocycles. The molecule has 0 radical (unpaired) electrons. The summed E-state index contributed by atoms with van der Waals surface area (Å²) in [6.07, 6.45) is 2.90. The quantitative estimate of drug-likeness (QED) is 0.220. The van der Waals surface area contributed by atoms with E-state index in [9.17, 15) is 14.3 Å². The average Bonchev–Trinajstić information content (AvgIpc) is 3.63. The van der Waals surface area contributed by atoms with Gasteiger partial charge in [-0.2, -0.15) is 15.3 Å². The number of halogens is 2. The van der Waals surface area contributed by atoms with E-state index in [1.54, 1.807) is 24.9 Å². The van der Waals surface area contributed by atoms with Crippen LogP contribution >= 0.6 is 11.3 Å². The SMILES string of the molecule is C=CC(=O)N1Cc2cc(-c3nc(-c4cnnc(C)c4)c4ccsc4c3-c3c(F)cc(F)cc3OCC(C)(C)O)nn2C(C)C1. The van der Waals surface area contributed by atoms with Gasteiger partial charge in [-0.15, -0.1) is 11.3 Å². The third-order valence-electron chi connectivity index (χ3n) is 7.30. The lowest BCUT2D eigenvalue weighted by molar-refractivity contribution is -0.127. The van der Waals surface area contributed by atoms with E-state index in [2.05, 4.69) is 16.8 Å². The third kappa shape index (κ3) is 5.46. The molecule has 12 heteroatoms. The topological polar surface area (TPSA) is 106 Å². The van der Waals surface area contributed by atoms with Gasteiger partial charge in [-0.05, 0) is 57.4 Å². The van der Waals surface area contributed by atoms with Gasteiger partial charge >= 0.3 is 0 Å². The number of carbonyl (C=O) groups is 1. The minimum atomic E-state index is -1.26. The average molecular weight is 617 g/mol. The fourth-order valence-corrected chi connectivity index (χ4v) is 6.38. The van der Waals surface area contributed by atoms with Crippen LogP contribution in [0.15, 0.2) is 54.6 Å². The summed E-state index contributed by atoms with van der Waals surface area (Å²) in [6, 6.07) is 7.36. The van der Waals surface area contributed by atoms with E-state index in [0.717, 1.165) is 23.2 Å². The summed E-state index contributed by atoms with van der Waals surface area (Å²) in [5, 5.41) is 26.1. The zero-order chi connectivity index (χ0) is 31.3. The van der Waals surface area contributed by atoms with Crippen LogP contribution in [-0.2, 0) is 11.3 Å². The first kappa shape index (κ1) is 29.5.